The van der Waals surface area contributed by atoms with Crippen molar-refractivity contribution in [1.82, 2.24) is 9.55 Å². The minimum Gasteiger partial charge on any atom is -0.341 e. The SMILES string of the molecule is CCn1c2ccccc2c2cc(C[NH2+]Cc3ccccn3)ccc21. The van der Waals surface area contributed by atoms with Crippen LogP contribution in [0.4, 0.5) is 0 Å². The monoisotopic (exact) mass is 316 g/mol. The predicted octanol–water partition coefficient (Wildman–Crippen LogP) is 3.47. The standard InChI is InChI=1S/C21H21N3/c1-2-24-20-9-4-3-8-18(20)19-13-16(10-11-21(19)24)14-22-15-17-7-5-6-12-23-17/h3-13,22H,2,14-15H2,1H3/p+1. The van der Waals surface area contributed by atoms with Crippen LogP contribution in [0.1, 0.15) is 18.2 Å². The first kappa shape index (κ1) is 14.9. The third-order valence-electron chi connectivity index (χ3n) is 4.61. The highest BCUT2D eigenvalue weighted by atomic mass is 15.0. The number of aryl methyl sites for hydroxylation is 1. The number of hydrogen-bond donors (Lipinski definition) is 1. The van der Waals surface area contributed by atoms with Crippen molar-refractivity contribution in [1.29, 1.82) is 0 Å². The smallest absolute Gasteiger partial charge is 0.119 e. The molecular weight excluding hydrogens is 294 g/mol. The minimum absolute atomic E-state index is 0.912. The fourth-order valence-corrected chi connectivity index (χ4v) is 3.47. The summed E-state index contributed by atoms with van der Waals surface area (Å²) in [7, 11) is 0. The summed E-state index contributed by atoms with van der Waals surface area (Å²) >= 11 is 0. The second-order valence-corrected chi connectivity index (χ2v) is 6.13. The molecule has 4 rings (SSSR count). The maximum atomic E-state index is 4.38. The van der Waals surface area contributed by atoms with Crippen molar-refractivity contribution in [3.63, 3.8) is 0 Å². The molecule has 4 aromatic rings. The second kappa shape index (κ2) is 6.46. The van der Waals surface area contributed by atoms with Crippen molar-refractivity contribution in [2.45, 2.75) is 26.6 Å². The third-order valence-corrected chi connectivity index (χ3v) is 4.61. The molecule has 0 saturated carbocycles. The Bertz CT molecular complexity index is 970. The van der Waals surface area contributed by atoms with E-state index < -0.39 is 0 Å². The van der Waals surface area contributed by atoms with Crippen LogP contribution < -0.4 is 5.32 Å². The Kier molecular flexibility index (Phi) is 4.01. The van der Waals surface area contributed by atoms with Gasteiger partial charge >= 0.3 is 0 Å². The Labute approximate surface area is 142 Å². The molecule has 2 aromatic heterocycles. The largest absolute Gasteiger partial charge is 0.341 e. The van der Waals surface area contributed by atoms with Crippen LogP contribution in [0.5, 0.6) is 0 Å². The van der Waals surface area contributed by atoms with Gasteiger partial charge in [0.1, 0.15) is 13.1 Å². The van der Waals surface area contributed by atoms with E-state index in [1.165, 1.54) is 27.4 Å². The zero-order valence-corrected chi connectivity index (χ0v) is 13.9. The van der Waals surface area contributed by atoms with E-state index in [1.807, 2.05) is 18.3 Å². The Balaban J connectivity index is 1.62. The molecule has 0 aliphatic rings. The molecule has 0 spiro atoms. The van der Waals surface area contributed by atoms with Gasteiger partial charge in [0.15, 0.2) is 0 Å². The molecule has 0 radical (unpaired) electrons. The highest BCUT2D eigenvalue weighted by molar-refractivity contribution is 6.08. The number of benzene rings is 2. The van der Waals surface area contributed by atoms with Gasteiger partial charge in [0, 0.05) is 40.1 Å². The molecule has 0 fully saturated rings. The molecule has 120 valence electrons. The number of rotatable bonds is 5. The Morgan fingerprint density at radius 2 is 1.71 bits per heavy atom. The van der Waals surface area contributed by atoms with Crippen LogP contribution in [0.2, 0.25) is 0 Å². The number of fused-ring (bicyclic) bond motifs is 3. The molecule has 0 aliphatic heterocycles. The average Bonchev–Trinajstić information content (AvgIpc) is 2.96. The highest BCUT2D eigenvalue weighted by Gasteiger charge is 2.10. The normalized spacial score (nSPS) is 11.4. The Morgan fingerprint density at radius 1 is 0.875 bits per heavy atom. The number of hydrogen-bond acceptors (Lipinski definition) is 1. The lowest BCUT2D eigenvalue weighted by atomic mass is 10.1. The molecule has 0 amide bonds. The fourth-order valence-electron chi connectivity index (χ4n) is 3.47. The first-order valence-electron chi connectivity index (χ1n) is 8.58. The molecule has 2 aromatic carbocycles. The van der Waals surface area contributed by atoms with Crippen LogP contribution >= 0.6 is 0 Å². The van der Waals surface area contributed by atoms with Crippen LogP contribution in [-0.4, -0.2) is 9.55 Å². The van der Waals surface area contributed by atoms with Crippen LogP contribution in [0.15, 0.2) is 66.9 Å². The molecular formula is C21H22N3+. The summed E-state index contributed by atoms with van der Waals surface area (Å²) in [5.74, 6) is 0. The zero-order chi connectivity index (χ0) is 16.4. The van der Waals surface area contributed by atoms with E-state index in [-0.39, 0.29) is 0 Å². The minimum atomic E-state index is 0.912. The molecule has 2 N–H and O–H groups in total. The third kappa shape index (κ3) is 2.68. The first-order chi connectivity index (χ1) is 11.9. The highest BCUT2D eigenvalue weighted by Crippen LogP contribution is 2.29. The Morgan fingerprint density at radius 3 is 2.54 bits per heavy atom. The summed E-state index contributed by atoms with van der Waals surface area (Å²) in [4.78, 5) is 4.38. The zero-order valence-electron chi connectivity index (χ0n) is 13.9. The van der Waals surface area contributed by atoms with Gasteiger partial charge in [-0.1, -0.05) is 30.3 Å². The van der Waals surface area contributed by atoms with Crippen molar-refractivity contribution in [2.75, 3.05) is 0 Å². The summed E-state index contributed by atoms with van der Waals surface area (Å²) in [6.45, 7) is 5.09. The summed E-state index contributed by atoms with van der Waals surface area (Å²) < 4.78 is 2.39. The van der Waals surface area contributed by atoms with Gasteiger partial charge in [-0.2, -0.15) is 0 Å². The molecule has 0 unspecified atom stereocenters. The van der Waals surface area contributed by atoms with Gasteiger partial charge in [0.25, 0.3) is 0 Å². The van der Waals surface area contributed by atoms with E-state index in [1.54, 1.807) is 0 Å². The van der Waals surface area contributed by atoms with Crippen LogP contribution in [-0.2, 0) is 19.6 Å². The molecule has 0 saturated heterocycles. The van der Waals surface area contributed by atoms with Crippen molar-refractivity contribution in [3.8, 4) is 0 Å². The van der Waals surface area contributed by atoms with Gasteiger partial charge in [0.2, 0.25) is 0 Å². The first-order valence-corrected chi connectivity index (χ1v) is 8.58. The maximum Gasteiger partial charge on any atom is 0.119 e. The van der Waals surface area contributed by atoms with Gasteiger partial charge in [-0.25, -0.2) is 0 Å². The molecule has 0 atom stereocenters. The van der Waals surface area contributed by atoms with E-state index in [9.17, 15) is 0 Å². The predicted molar refractivity (Wildman–Crippen MR) is 98.7 cm³/mol. The lowest BCUT2D eigenvalue weighted by Gasteiger charge is -2.04. The summed E-state index contributed by atoms with van der Waals surface area (Å²) in [5, 5.41) is 5.01. The summed E-state index contributed by atoms with van der Waals surface area (Å²) in [6.07, 6.45) is 1.86. The average molecular weight is 316 g/mol. The van der Waals surface area contributed by atoms with Crippen molar-refractivity contribution in [3.05, 3.63) is 78.1 Å². The van der Waals surface area contributed by atoms with Gasteiger partial charge in [0.05, 0.1) is 5.69 Å². The molecule has 3 heteroatoms. The molecule has 24 heavy (non-hydrogen) atoms. The van der Waals surface area contributed by atoms with Crippen LogP contribution in [0.3, 0.4) is 0 Å². The molecule has 0 bridgehead atoms. The van der Waals surface area contributed by atoms with Crippen molar-refractivity contribution >= 4 is 21.8 Å². The van der Waals surface area contributed by atoms with E-state index in [2.05, 4.69) is 70.3 Å². The lowest BCUT2D eigenvalue weighted by molar-refractivity contribution is -0.686. The summed E-state index contributed by atoms with van der Waals surface area (Å²) in [5.41, 5.74) is 5.13. The number of quaternary nitrogens is 1. The number of pyridine rings is 1. The van der Waals surface area contributed by atoms with E-state index in [4.69, 9.17) is 0 Å². The molecule has 2 heterocycles. The molecule has 3 nitrogen and oxygen atoms in total. The van der Waals surface area contributed by atoms with Gasteiger partial charge in [-0.05, 0) is 37.3 Å². The fraction of sp³-hybridized carbons (Fsp3) is 0.190. The van der Waals surface area contributed by atoms with Crippen molar-refractivity contribution in [2.24, 2.45) is 0 Å². The topological polar surface area (TPSA) is 34.4 Å². The number of aromatic nitrogens is 2. The van der Waals surface area contributed by atoms with E-state index in [0.717, 1.165) is 25.3 Å². The van der Waals surface area contributed by atoms with Gasteiger partial charge < -0.3 is 9.88 Å². The van der Waals surface area contributed by atoms with Crippen LogP contribution in [0, 0.1) is 0 Å². The maximum absolute atomic E-state index is 4.38. The summed E-state index contributed by atoms with van der Waals surface area (Å²) in [6, 6.07) is 21.6. The number of para-hydroxylation sites is 1. The Hall–Kier alpha value is -2.65. The van der Waals surface area contributed by atoms with E-state index in [0.29, 0.717) is 0 Å². The van der Waals surface area contributed by atoms with Gasteiger partial charge in [-0.15, -0.1) is 0 Å². The van der Waals surface area contributed by atoms with Crippen LogP contribution in [0.25, 0.3) is 21.8 Å². The van der Waals surface area contributed by atoms with E-state index >= 15 is 0 Å². The number of nitrogens with two attached hydrogens (primary N) is 1. The molecule has 0 aliphatic carbocycles. The number of nitrogens with zero attached hydrogens (tertiary/aromatic N) is 2. The quantitative estimate of drug-likeness (QED) is 0.601. The van der Waals surface area contributed by atoms with Crippen molar-refractivity contribution < 1.29 is 5.32 Å². The lowest BCUT2D eigenvalue weighted by Crippen LogP contribution is -2.80. The second-order valence-electron chi connectivity index (χ2n) is 6.13. The van der Waals surface area contributed by atoms with Gasteiger partial charge in [-0.3, -0.25) is 4.98 Å².